The Morgan fingerprint density at radius 2 is 1.88 bits per heavy atom. The third kappa shape index (κ3) is 3.82. The minimum absolute atomic E-state index is 0.0327. The van der Waals surface area contributed by atoms with Gasteiger partial charge in [-0.05, 0) is 33.0 Å². The van der Waals surface area contributed by atoms with Crippen molar-refractivity contribution in [3.05, 3.63) is 18.2 Å². The molecule has 0 saturated heterocycles. The molecular weight excluding hydrogens is 216 g/mol. The standard InChI is InChI=1S/C13H22N2O2/c1-13(2,14-3)9-15-11-7-6-10(16-4)8-12(11)17-5/h6-8,14-15H,9H2,1-5H3. The highest BCUT2D eigenvalue weighted by Crippen LogP contribution is 2.29. The lowest BCUT2D eigenvalue weighted by atomic mass is 10.1. The fourth-order valence-electron chi connectivity index (χ4n) is 1.35. The molecule has 96 valence electrons. The molecule has 0 bridgehead atoms. The molecule has 0 aromatic heterocycles. The highest BCUT2D eigenvalue weighted by Gasteiger charge is 2.15. The van der Waals surface area contributed by atoms with E-state index in [0.29, 0.717) is 0 Å². The van der Waals surface area contributed by atoms with Crippen LogP contribution in [0.4, 0.5) is 5.69 Å². The molecule has 1 aromatic rings. The fourth-order valence-corrected chi connectivity index (χ4v) is 1.35. The predicted octanol–water partition coefficient (Wildman–Crippen LogP) is 2.11. The van der Waals surface area contributed by atoms with Crippen LogP contribution in [0, 0.1) is 0 Å². The van der Waals surface area contributed by atoms with Gasteiger partial charge < -0.3 is 20.1 Å². The van der Waals surface area contributed by atoms with Gasteiger partial charge in [-0.25, -0.2) is 0 Å². The van der Waals surface area contributed by atoms with Crippen LogP contribution in [0.2, 0.25) is 0 Å². The maximum Gasteiger partial charge on any atom is 0.145 e. The summed E-state index contributed by atoms with van der Waals surface area (Å²) in [4.78, 5) is 0. The van der Waals surface area contributed by atoms with Crippen molar-refractivity contribution in [2.24, 2.45) is 0 Å². The largest absolute Gasteiger partial charge is 0.497 e. The highest BCUT2D eigenvalue weighted by molar-refractivity contribution is 5.59. The molecule has 4 heteroatoms. The van der Waals surface area contributed by atoms with Gasteiger partial charge in [0.2, 0.25) is 0 Å². The average Bonchev–Trinajstić information content (AvgIpc) is 2.36. The number of hydrogen-bond donors (Lipinski definition) is 2. The second-order valence-electron chi connectivity index (χ2n) is 4.55. The number of rotatable bonds is 6. The fraction of sp³-hybridized carbons (Fsp3) is 0.538. The maximum atomic E-state index is 5.32. The van der Waals surface area contributed by atoms with Crippen LogP contribution in [0.3, 0.4) is 0 Å². The first kappa shape index (κ1) is 13.6. The molecule has 17 heavy (non-hydrogen) atoms. The molecule has 0 saturated carbocycles. The molecule has 0 aliphatic heterocycles. The molecule has 0 fully saturated rings. The first-order valence-corrected chi connectivity index (χ1v) is 5.67. The number of ether oxygens (including phenoxy) is 2. The second-order valence-corrected chi connectivity index (χ2v) is 4.55. The van der Waals surface area contributed by atoms with E-state index in [1.165, 1.54) is 0 Å². The molecule has 4 nitrogen and oxygen atoms in total. The van der Waals surface area contributed by atoms with Gasteiger partial charge in [0, 0.05) is 18.2 Å². The van der Waals surface area contributed by atoms with Crippen LogP contribution in [0.1, 0.15) is 13.8 Å². The first-order valence-electron chi connectivity index (χ1n) is 5.67. The Morgan fingerprint density at radius 1 is 1.18 bits per heavy atom. The molecule has 0 amide bonds. The van der Waals surface area contributed by atoms with E-state index in [9.17, 15) is 0 Å². The third-order valence-corrected chi connectivity index (χ3v) is 2.81. The quantitative estimate of drug-likeness (QED) is 0.796. The smallest absolute Gasteiger partial charge is 0.145 e. The van der Waals surface area contributed by atoms with Crippen LogP contribution in [0.5, 0.6) is 11.5 Å². The van der Waals surface area contributed by atoms with E-state index in [1.807, 2.05) is 25.2 Å². The summed E-state index contributed by atoms with van der Waals surface area (Å²) in [5.41, 5.74) is 1.00. The third-order valence-electron chi connectivity index (χ3n) is 2.81. The van der Waals surface area contributed by atoms with Gasteiger partial charge in [-0.15, -0.1) is 0 Å². The van der Waals surface area contributed by atoms with Gasteiger partial charge in [-0.2, -0.15) is 0 Å². The zero-order chi connectivity index (χ0) is 12.9. The number of methoxy groups -OCH3 is 2. The molecule has 0 radical (unpaired) electrons. The molecule has 0 spiro atoms. The Kier molecular flexibility index (Phi) is 4.63. The number of anilines is 1. The Morgan fingerprint density at radius 3 is 2.41 bits per heavy atom. The SMILES string of the molecule is CNC(C)(C)CNc1ccc(OC)cc1OC. The van der Waals surface area contributed by atoms with Crippen molar-refractivity contribution in [2.45, 2.75) is 19.4 Å². The van der Waals surface area contributed by atoms with Crippen molar-refractivity contribution in [3.8, 4) is 11.5 Å². The van der Waals surface area contributed by atoms with Gasteiger partial charge in [-0.1, -0.05) is 0 Å². The molecule has 2 N–H and O–H groups in total. The summed E-state index contributed by atoms with van der Waals surface area (Å²) in [5.74, 6) is 1.58. The van der Waals surface area contributed by atoms with E-state index in [4.69, 9.17) is 9.47 Å². The van der Waals surface area contributed by atoms with Gasteiger partial charge >= 0.3 is 0 Å². The van der Waals surface area contributed by atoms with Gasteiger partial charge in [-0.3, -0.25) is 0 Å². The molecule has 0 aliphatic rings. The van der Waals surface area contributed by atoms with E-state index in [0.717, 1.165) is 23.7 Å². The second kappa shape index (κ2) is 5.77. The lowest BCUT2D eigenvalue weighted by molar-refractivity contribution is 0.394. The van der Waals surface area contributed by atoms with Crippen molar-refractivity contribution in [3.63, 3.8) is 0 Å². The highest BCUT2D eigenvalue weighted by atomic mass is 16.5. The summed E-state index contributed by atoms with van der Waals surface area (Å²) < 4.78 is 10.5. The van der Waals surface area contributed by atoms with E-state index < -0.39 is 0 Å². The first-order chi connectivity index (χ1) is 8.02. The number of hydrogen-bond acceptors (Lipinski definition) is 4. The van der Waals surface area contributed by atoms with Gasteiger partial charge in [0.05, 0.1) is 19.9 Å². The number of likely N-dealkylation sites (N-methyl/N-ethyl adjacent to an activating group) is 1. The Balaban J connectivity index is 2.77. The zero-order valence-electron chi connectivity index (χ0n) is 11.3. The topological polar surface area (TPSA) is 42.5 Å². The van der Waals surface area contributed by atoms with E-state index in [2.05, 4.69) is 24.5 Å². The van der Waals surface area contributed by atoms with E-state index in [1.54, 1.807) is 14.2 Å². The lowest BCUT2D eigenvalue weighted by Gasteiger charge is -2.25. The number of nitrogens with one attached hydrogen (secondary N) is 2. The Bertz CT molecular complexity index is 364. The van der Waals surface area contributed by atoms with Gasteiger partial charge in [0.25, 0.3) is 0 Å². The minimum atomic E-state index is 0.0327. The molecule has 0 atom stereocenters. The monoisotopic (exact) mass is 238 g/mol. The number of benzene rings is 1. The summed E-state index contributed by atoms with van der Waals surface area (Å²) in [5, 5.41) is 6.61. The normalized spacial score (nSPS) is 11.1. The zero-order valence-corrected chi connectivity index (χ0v) is 11.3. The Hall–Kier alpha value is -1.42. The van der Waals surface area contributed by atoms with Crippen LogP contribution in [-0.2, 0) is 0 Å². The van der Waals surface area contributed by atoms with Crippen LogP contribution in [0.25, 0.3) is 0 Å². The molecule has 0 aliphatic carbocycles. The van der Waals surface area contributed by atoms with Crippen molar-refractivity contribution in [1.82, 2.24) is 5.32 Å². The minimum Gasteiger partial charge on any atom is -0.497 e. The van der Waals surface area contributed by atoms with Gasteiger partial charge in [0.15, 0.2) is 0 Å². The molecule has 1 rings (SSSR count). The van der Waals surface area contributed by atoms with Crippen molar-refractivity contribution in [1.29, 1.82) is 0 Å². The van der Waals surface area contributed by atoms with E-state index in [-0.39, 0.29) is 5.54 Å². The summed E-state index contributed by atoms with van der Waals surface area (Å²) in [6.45, 7) is 5.08. The van der Waals surface area contributed by atoms with Crippen LogP contribution < -0.4 is 20.1 Å². The van der Waals surface area contributed by atoms with Crippen molar-refractivity contribution >= 4 is 5.69 Å². The van der Waals surface area contributed by atoms with Crippen LogP contribution in [-0.4, -0.2) is 33.4 Å². The summed E-state index contributed by atoms with van der Waals surface area (Å²) >= 11 is 0. The Labute approximate surface area is 103 Å². The summed E-state index contributed by atoms with van der Waals surface area (Å²) in [6.07, 6.45) is 0. The van der Waals surface area contributed by atoms with Crippen LogP contribution in [0.15, 0.2) is 18.2 Å². The summed E-state index contributed by atoms with van der Waals surface area (Å²) in [7, 11) is 5.25. The maximum absolute atomic E-state index is 5.32. The molecular formula is C13H22N2O2. The van der Waals surface area contributed by atoms with Crippen molar-refractivity contribution in [2.75, 3.05) is 33.1 Å². The molecule has 0 unspecified atom stereocenters. The van der Waals surface area contributed by atoms with E-state index >= 15 is 0 Å². The average molecular weight is 238 g/mol. The van der Waals surface area contributed by atoms with Gasteiger partial charge in [0.1, 0.15) is 11.5 Å². The summed E-state index contributed by atoms with van der Waals surface area (Å²) in [6, 6.07) is 5.75. The molecule has 1 aromatic carbocycles. The van der Waals surface area contributed by atoms with Crippen molar-refractivity contribution < 1.29 is 9.47 Å². The predicted molar refractivity (Wildman–Crippen MR) is 71.2 cm³/mol. The molecule has 0 heterocycles. The van der Waals surface area contributed by atoms with Crippen LogP contribution >= 0.6 is 0 Å². The lowest BCUT2D eigenvalue weighted by Crippen LogP contribution is -2.42.